The lowest BCUT2D eigenvalue weighted by Gasteiger charge is -2.41. The van der Waals surface area contributed by atoms with Crippen LogP contribution < -0.4 is 0 Å². The molecule has 8 heteroatoms. The largest absolute Gasteiger partial charge is 0.465 e. The average Bonchev–Trinajstić information content (AvgIpc) is 3.38. The van der Waals surface area contributed by atoms with Crippen LogP contribution in [0.4, 0.5) is 0 Å². The fraction of sp³-hybridized carbons (Fsp3) is 0.759. The van der Waals surface area contributed by atoms with Crippen molar-refractivity contribution in [3.05, 3.63) is 25.3 Å². The Hall–Kier alpha value is -2.19. The molecule has 37 heavy (non-hydrogen) atoms. The van der Waals surface area contributed by atoms with Crippen LogP contribution in [0.2, 0.25) is 0 Å². The van der Waals surface area contributed by atoms with E-state index in [1.807, 2.05) is 27.7 Å². The molecular weight excluding hydrogens is 472 g/mol. The summed E-state index contributed by atoms with van der Waals surface area (Å²) in [4.78, 5) is 45.4. The first-order chi connectivity index (χ1) is 17.6. The highest BCUT2D eigenvalue weighted by atomic mass is 16.6. The molecule has 0 aromatic heterocycles. The summed E-state index contributed by atoms with van der Waals surface area (Å²) in [6, 6.07) is -1.54. The molecule has 0 aromatic carbocycles. The lowest BCUT2D eigenvalue weighted by Crippen LogP contribution is -2.60. The van der Waals surface area contributed by atoms with Gasteiger partial charge in [0, 0.05) is 12.6 Å². The lowest BCUT2D eigenvalue weighted by atomic mass is 9.62. The molecule has 2 amide bonds. The molecule has 2 bridgehead atoms. The van der Waals surface area contributed by atoms with E-state index in [2.05, 4.69) is 20.1 Å². The normalized spacial score (nSPS) is 33.7. The molecule has 4 unspecified atom stereocenters. The summed E-state index contributed by atoms with van der Waals surface area (Å²) in [5.41, 5.74) is -2.07. The molecule has 208 valence electrons. The molecule has 3 aliphatic rings. The smallest absolute Gasteiger partial charge is 0.312 e. The van der Waals surface area contributed by atoms with Crippen LogP contribution in [-0.4, -0.2) is 81.8 Å². The van der Waals surface area contributed by atoms with Gasteiger partial charge in [0.25, 0.3) is 0 Å². The van der Waals surface area contributed by atoms with E-state index < -0.39 is 41.1 Å². The van der Waals surface area contributed by atoms with Crippen LogP contribution in [0.1, 0.15) is 73.1 Å². The number of nitrogens with zero attached hydrogens (tertiary/aromatic N) is 2. The maximum absolute atomic E-state index is 14.4. The summed E-state index contributed by atoms with van der Waals surface area (Å²) in [6.45, 7) is 17.7. The predicted octanol–water partition coefficient (Wildman–Crippen LogP) is 3.48. The third kappa shape index (κ3) is 4.76. The molecule has 3 heterocycles. The van der Waals surface area contributed by atoms with Crippen LogP contribution in [-0.2, 0) is 23.9 Å². The molecule has 3 saturated heterocycles. The number of aliphatic hydroxyl groups excluding tert-OH is 1. The molecule has 0 aromatic rings. The highest BCUT2D eigenvalue weighted by molar-refractivity contribution is 5.99. The van der Waals surface area contributed by atoms with Gasteiger partial charge in [-0.05, 0) is 51.9 Å². The standard InChI is InChI=1S/C29H46N2O6/c1-8-12-13-16-36-27(35)23-22-25(33)31(21(11-4)18-32)24(29(22)17-19(5)28(23,7)37-29)26(34)30(15-10-3)20(6)14-9-2/h8,10,19-24,32H,1,3,9,11-18H2,2,4-7H3/t19?,20?,21-,22-,23+,24?,28-,29?/m0/s1. The second kappa shape index (κ2) is 11.7. The van der Waals surface area contributed by atoms with Crippen molar-refractivity contribution in [2.75, 3.05) is 19.8 Å². The zero-order chi connectivity index (χ0) is 27.5. The van der Waals surface area contributed by atoms with Crippen LogP contribution >= 0.6 is 0 Å². The number of unbranched alkanes of at least 4 members (excludes halogenated alkanes) is 1. The van der Waals surface area contributed by atoms with Gasteiger partial charge in [-0.3, -0.25) is 14.4 Å². The van der Waals surface area contributed by atoms with Crippen LogP contribution in [0.5, 0.6) is 0 Å². The number of esters is 1. The van der Waals surface area contributed by atoms with Crippen molar-refractivity contribution in [1.82, 2.24) is 9.80 Å². The first-order valence-corrected chi connectivity index (χ1v) is 13.9. The van der Waals surface area contributed by atoms with Gasteiger partial charge in [0.15, 0.2) is 0 Å². The number of hydrogen-bond acceptors (Lipinski definition) is 6. The minimum absolute atomic E-state index is 0.0608. The van der Waals surface area contributed by atoms with Crippen LogP contribution in [0, 0.1) is 17.8 Å². The third-order valence-electron chi connectivity index (χ3n) is 8.96. The fourth-order valence-corrected chi connectivity index (χ4v) is 6.97. The van der Waals surface area contributed by atoms with E-state index in [0.29, 0.717) is 25.8 Å². The van der Waals surface area contributed by atoms with E-state index in [1.54, 1.807) is 17.1 Å². The zero-order valence-electron chi connectivity index (χ0n) is 23.3. The summed E-state index contributed by atoms with van der Waals surface area (Å²) in [7, 11) is 0. The van der Waals surface area contributed by atoms with Crippen LogP contribution in [0.3, 0.4) is 0 Å². The Morgan fingerprint density at radius 1 is 1.32 bits per heavy atom. The molecule has 0 aliphatic carbocycles. The Kier molecular flexibility index (Phi) is 9.27. The van der Waals surface area contributed by atoms with Crippen molar-refractivity contribution in [2.24, 2.45) is 17.8 Å². The number of ether oxygens (including phenoxy) is 2. The SMILES string of the molecule is C=CCCCOC(=O)[C@H]1[C@H]2C(=O)N([C@@H](CC)CO)C(C(=O)N(CC=C)C(C)CCC)C23CC(C)[C@]1(C)O3. The lowest BCUT2D eigenvalue weighted by molar-refractivity contribution is -0.164. The first kappa shape index (κ1) is 29.4. The second-order valence-corrected chi connectivity index (χ2v) is 11.2. The molecule has 3 fully saturated rings. The predicted molar refractivity (Wildman–Crippen MR) is 141 cm³/mol. The molecule has 3 aliphatic heterocycles. The van der Waals surface area contributed by atoms with Crippen molar-refractivity contribution < 1.29 is 29.0 Å². The van der Waals surface area contributed by atoms with Crippen molar-refractivity contribution in [3.63, 3.8) is 0 Å². The number of rotatable bonds is 14. The minimum Gasteiger partial charge on any atom is -0.465 e. The van der Waals surface area contributed by atoms with E-state index in [-0.39, 0.29) is 37.0 Å². The Bertz CT molecular complexity index is 888. The van der Waals surface area contributed by atoms with Crippen LogP contribution in [0.25, 0.3) is 0 Å². The number of aliphatic hydroxyl groups is 1. The van der Waals surface area contributed by atoms with E-state index >= 15 is 0 Å². The van der Waals surface area contributed by atoms with Gasteiger partial charge in [-0.15, -0.1) is 13.2 Å². The fourth-order valence-electron chi connectivity index (χ4n) is 6.97. The highest BCUT2D eigenvalue weighted by Gasteiger charge is 2.80. The van der Waals surface area contributed by atoms with E-state index in [4.69, 9.17) is 9.47 Å². The van der Waals surface area contributed by atoms with Gasteiger partial charge in [0.05, 0.1) is 30.8 Å². The van der Waals surface area contributed by atoms with E-state index in [0.717, 1.165) is 19.3 Å². The molecule has 0 saturated carbocycles. The van der Waals surface area contributed by atoms with Crippen molar-refractivity contribution in [2.45, 2.75) is 102 Å². The van der Waals surface area contributed by atoms with Gasteiger partial charge in [0.1, 0.15) is 17.6 Å². The van der Waals surface area contributed by atoms with Gasteiger partial charge in [0.2, 0.25) is 11.8 Å². The summed E-state index contributed by atoms with van der Waals surface area (Å²) in [6.07, 6.45) is 7.52. The third-order valence-corrected chi connectivity index (χ3v) is 8.96. The number of allylic oxidation sites excluding steroid dienone is 1. The van der Waals surface area contributed by atoms with Gasteiger partial charge in [-0.2, -0.15) is 0 Å². The molecule has 0 radical (unpaired) electrons. The molecule has 3 rings (SSSR count). The van der Waals surface area contributed by atoms with Crippen molar-refractivity contribution in [3.8, 4) is 0 Å². The number of fused-ring (bicyclic) bond motifs is 1. The Balaban J connectivity index is 2.09. The molecule has 1 N–H and O–H groups in total. The number of amides is 2. The summed E-state index contributed by atoms with van der Waals surface area (Å²) in [5, 5.41) is 10.2. The van der Waals surface area contributed by atoms with Gasteiger partial charge in [-0.1, -0.05) is 39.3 Å². The van der Waals surface area contributed by atoms with Gasteiger partial charge >= 0.3 is 5.97 Å². The number of likely N-dealkylation sites (tertiary alicyclic amines) is 1. The minimum atomic E-state index is -1.15. The molecule has 1 spiro atoms. The number of carbonyl (C=O) groups is 3. The van der Waals surface area contributed by atoms with Gasteiger partial charge in [-0.25, -0.2) is 0 Å². The Morgan fingerprint density at radius 2 is 2.03 bits per heavy atom. The summed E-state index contributed by atoms with van der Waals surface area (Å²) < 4.78 is 12.4. The van der Waals surface area contributed by atoms with Gasteiger partial charge < -0.3 is 24.4 Å². The van der Waals surface area contributed by atoms with E-state index in [1.165, 1.54) is 4.90 Å². The highest BCUT2D eigenvalue weighted by Crippen LogP contribution is 2.65. The Labute approximate surface area is 222 Å². The van der Waals surface area contributed by atoms with Crippen molar-refractivity contribution in [1.29, 1.82) is 0 Å². The summed E-state index contributed by atoms with van der Waals surface area (Å²) in [5.74, 6) is -2.67. The topological polar surface area (TPSA) is 96.4 Å². The molecule has 8 atom stereocenters. The first-order valence-electron chi connectivity index (χ1n) is 13.9. The number of carbonyl (C=O) groups excluding carboxylic acids is 3. The quantitative estimate of drug-likeness (QED) is 0.215. The maximum Gasteiger partial charge on any atom is 0.312 e. The zero-order valence-corrected chi connectivity index (χ0v) is 23.3. The average molecular weight is 519 g/mol. The summed E-state index contributed by atoms with van der Waals surface area (Å²) >= 11 is 0. The van der Waals surface area contributed by atoms with Crippen LogP contribution in [0.15, 0.2) is 25.3 Å². The van der Waals surface area contributed by atoms with E-state index in [9.17, 15) is 19.5 Å². The number of hydrogen-bond donors (Lipinski definition) is 1. The van der Waals surface area contributed by atoms with Crippen molar-refractivity contribution >= 4 is 17.8 Å². The molecule has 8 nitrogen and oxygen atoms in total. The monoisotopic (exact) mass is 518 g/mol. The Morgan fingerprint density at radius 3 is 2.59 bits per heavy atom. The second-order valence-electron chi connectivity index (χ2n) is 11.2. The maximum atomic E-state index is 14.4. The molecular formula is C29H46N2O6.